The van der Waals surface area contributed by atoms with Gasteiger partial charge in [-0.05, 0) is 19.5 Å². The van der Waals surface area contributed by atoms with Crippen LogP contribution >= 0.6 is 0 Å². The summed E-state index contributed by atoms with van der Waals surface area (Å²) in [5.74, 6) is -0.288. The molecule has 2 heterocycles. The number of hydrogen-bond donors (Lipinski definition) is 2. The van der Waals surface area contributed by atoms with E-state index in [4.69, 9.17) is 0 Å². The second-order valence-corrected chi connectivity index (χ2v) is 5.48. The largest absolute Gasteiger partial charge is 0.351 e. The molecule has 7 heteroatoms. The number of rotatable bonds is 6. The Balaban J connectivity index is 1.57. The highest BCUT2D eigenvalue weighted by Gasteiger charge is 2.18. The molecule has 0 radical (unpaired) electrons. The lowest BCUT2D eigenvalue weighted by molar-refractivity contribution is -0.121. The first-order valence-electron chi connectivity index (χ1n) is 7.77. The van der Waals surface area contributed by atoms with Gasteiger partial charge in [0.25, 0.3) is 5.91 Å². The summed E-state index contributed by atoms with van der Waals surface area (Å²) in [7, 11) is 0. The molecule has 0 saturated carbocycles. The molecular weight excluding hydrogens is 270 g/mol. The average Bonchev–Trinajstić information content (AvgIpc) is 2.52. The monoisotopic (exact) mass is 295 g/mol. The van der Waals surface area contributed by atoms with Gasteiger partial charge in [-0.25, -0.2) is 5.43 Å². The summed E-state index contributed by atoms with van der Waals surface area (Å²) in [5, 5.41) is 6.65. The maximum absolute atomic E-state index is 11.8. The first kappa shape index (κ1) is 15.9. The fraction of sp³-hybridized carbons (Fsp3) is 0.786. The maximum Gasteiger partial charge on any atom is 0.267 e. The molecule has 2 amide bonds. The van der Waals surface area contributed by atoms with Gasteiger partial charge in [0.2, 0.25) is 5.91 Å². The standard InChI is InChI=1S/C14H25N5O2/c1-2-18-8-10-19(11-9-18)7-3-6-15-14(21)12-4-5-13(20)17-16-12/h2-11H2,1H3,(H,15,21)(H,17,20). The fourth-order valence-corrected chi connectivity index (χ4v) is 2.57. The van der Waals surface area contributed by atoms with Crippen molar-refractivity contribution in [1.29, 1.82) is 0 Å². The van der Waals surface area contributed by atoms with Gasteiger partial charge in [-0.2, -0.15) is 5.10 Å². The van der Waals surface area contributed by atoms with Gasteiger partial charge in [-0.1, -0.05) is 6.92 Å². The Bertz CT molecular complexity index is 402. The smallest absolute Gasteiger partial charge is 0.267 e. The molecule has 0 bridgehead atoms. The van der Waals surface area contributed by atoms with E-state index in [9.17, 15) is 9.59 Å². The van der Waals surface area contributed by atoms with Crippen LogP contribution in [-0.4, -0.2) is 73.1 Å². The molecule has 1 saturated heterocycles. The second-order valence-electron chi connectivity index (χ2n) is 5.48. The number of nitrogens with one attached hydrogen (secondary N) is 2. The summed E-state index contributed by atoms with van der Waals surface area (Å²) in [5.41, 5.74) is 2.76. The van der Waals surface area contributed by atoms with Crippen molar-refractivity contribution in [3.05, 3.63) is 0 Å². The number of nitrogens with zero attached hydrogens (tertiary/aromatic N) is 3. The molecule has 2 aliphatic heterocycles. The minimum absolute atomic E-state index is 0.127. The highest BCUT2D eigenvalue weighted by atomic mass is 16.2. The molecule has 0 aromatic heterocycles. The SMILES string of the molecule is CCN1CCN(CCCNC(=O)C2=NNC(=O)CC2)CC1. The summed E-state index contributed by atoms with van der Waals surface area (Å²) in [4.78, 5) is 27.7. The van der Waals surface area contributed by atoms with E-state index in [1.54, 1.807) is 0 Å². The van der Waals surface area contributed by atoms with Gasteiger partial charge in [-0.15, -0.1) is 0 Å². The molecule has 0 unspecified atom stereocenters. The van der Waals surface area contributed by atoms with Crippen molar-refractivity contribution in [3.63, 3.8) is 0 Å². The van der Waals surface area contributed by atoms with Gasteiger partial charge in [0.1, 0.15) is 5.71 Å². The number of carbonyl (C=O) groups excluding carboxylic acids is 2. The van der Waals surface area contributed by atoms with Crippen molar-refractivity contribution in [2.45, 2.75) is 26.2 Å². The zero-order valence-electron chi connectivity index (χ0n) is 12.7. The van der Waals surface area contributed by atoms with Crippen molar-refractivity contribution in [2.24, 2.45) is 5.10 Å². The van der Waals surface area contributed by atoms with Crippen molar-refractivity contribution in [2.75, 3.05) is 45.8 Å². The second kappa shape index (κ2) is 8.09. The van der Waals surface area contributed by atoms with Crippen LogP contribution in [0.4, 0.5) is 0 Å². The zero-order chi connectivity index (χ0) is 15.1. The molecular formula is C14H25N5O2. The minimum atomic E-state index is -0.161. The Kier molecular flexibility index (Phi) is 6.13. The van der Waals surface area contributed by atoms with Crippen molar-refractivity contribution >= 4 is 17.5 Å². The Labute approximate surface area is 125 Å². The van der Waals surface area contributed by atoms with Crippen LogP contribution in [0, 0.1) is 0 Å². The summed E-state index contributed by atoms with van der Waals surface area (Å²) in [6.07, 6.45) is 1.71. The molecule has 2 aliphatic rings. The van der Waals surface area contributed by atoms with Gasteiger partial charge < -0.3 is 15.1 Å². The Morgan fingerprint density at radius 3 is 2.57 bits per heavy atom. The third-order valence-corrected chi connectivity index (χ3v) is 4.02. The van der Waals surface area contributed by atoms with Crippen LogP contribution in [-0.2, 0) is 9.59 Å². The van der Waals surface area contributed by atoms with Crippen molar-refractivity contribution in [3.8, 4) is 0 Å². The first-order valence-corrected chi connectivity index (χ1v) is 7.77. The average molecular weight is 295 g/mol. The molecule has 1 fully saturated rings. The van der Waals surface area contributed by atoms with E-state index in [1.807, 2.05) is 0 Å². The van der Waals surface area contributed by atoms with E-state index in [2.05, 4.69) is 32.6 Å². The summed E-state index contributed by atoms with van der Waals surface area (Å²) >= 11 is 0. The molecule has 118 valence electrons. The van der Waals surface area contributed by atoms with Crippen LogP contribution < -0.4 is 10.7 Å². The summed E-state index contributed by atoms with van der Waals surface area (Å²) in [6, 6.07) is 0. The van der Waals surface area contributed by atoms with E-state index >= 15 is 0 Å². The van der Waals surface area contributed by atoms with Gasteiger partial charge in [0, 0.05) is 45.6 Å². The quantitative estimate of drug-likeness (QED) is 0.641. The number of hydrazone groups is 1. The number of piperazine rings is 1. The number of likely N-dealkylation sites (N-methyl/N-ethyl adjacent to an activating group) is 1. The Morgan fingerprint density at radius 1 is 1.24 bits per heavy atom. The van der Waals surface area contributed by atoms with E-state index in [0.29, 0.717) is 25.1 Å². The van der Waals surface area contributed by atoms with Crippen LogP contribution in [0.15, 0.2) is 5.10 Å². The van der Waals surface area contributed by atoms with Gasteiger partial charge in [0.05, 0.1) is 0 Å². The van der Waals surface area contributed by atoms with Gasteiger partial charge in [-0.3, -0.25) is 9.59 Å². The Hall–Kier alpha value is -1.47. The van der Waals surface area contributed by atoms with E-state index < -0.39 is 0 Å². The normalized spacial score (nSPS) is 20.8. The topological polar surface area (TPSA) is 77.0 Å². The van der Waals surface area contributed by atoms with Crippen LogP contribution in [0.1, 0.15) is 26.2 Å². The third-order valence-electron chi connectivity index (χ3n) is 4.02. The molecule has 0 spiro atoms. The fourth-order valence-electron chi connectivity index (χ4n) is 2.57. The predicted molar refractivity (Wildman–Crippen MR) is 81.0 cm³/mol. The zero-order valence-corrected chi connectivity index (χ0v) is 12.7. The summed E-state index contributed by atoms with van der Waals surface area (Å²) < 4.78 is 0. The van der Waals surface area contributed by atoms with Crippen LogP contribution in [0.3, 0.4) is 0 Å². The number of amides is 2. The molecule has 0 atom stereocenters. The van der Waals surface area contributed by atoms with Gasteiger partial charge >= 0.3 is 0 Å². The van der Waals surface area contributed by atoms with Crippen LogP contribution in [0.2, 0.25) is 0 Å². The molecule has 0 aromatic carbocycles. The first-order chi connectivity index (χ1) is 10.2. The lowest BCUT2D eigenvalue weighted by Crippen LogP contribution is -2.46. The highest BCUT2D eigenvalue weighted by Crippen LogP contribution is 2.02. The van der Waals surface area contributed by atoms with Crippen molar-refractivity contribution < 1.29 is 9.59 Å². The minimum Gasteiger partial charge on any atom is -0.351 e. The molecule has 21 heavy (non-hydrogen) atoms. The van der Waals surface area contributed by atoms with Crippen LogP contribution in [0.5, 0.6) is 0 Å². The van der Waals surface area contributed by atoms with Crippen LogP contribution in [0.25, 0.3) is 0 Å². The predicted octanol–water partition coefficient (Wildman–Crippen LogP) is -0.604. The van der Waals surface area contributed by atoms with Crippen molar-refractivity contribution in [1.82, 2.24) is 20.5 Å². The van der Waals surface area contributed by atoms with E-state index in [-0.39, 0.29) is 11.8 Å². The third kappa shape index (κ3) is 5.09. The maximum atomic E-state index is 11.8. The number of hydrogen-bond acceptors (Lipinski definition) is 5. The molecule has 7 nitrogen and oxygen atoms in total. The molecule has 2 rings (SSSR count). The Morgan fingerprint density at radius 2 is 1.95 bits per heavy atom. The molecule has 2 N–H and O–H groups in total. The summed E-state index contributed by atoms with van der Waals surface area (Å²) in [6.45, 7) is 9.49. The van der Waals surface area contributed by atoms with E-state index in [0.717, 1.165) is 45.7 Å². The lowest BCUT2D eigenvalue weighted by atomic mass is 10.1. The van der Waals surface area contributed by atoms with E-state index in [1.165, 1.54) is 0 Å². The lowest BCUT2D eigenvalue weighted by Gasteiger charge is -2.33. The number of carbonyl (C=O) groups is 2. The van der Waals surface area contributed by atoms with Gasteiger partial charge in [0.15, 0.2) is 0 Å². The highest BCUT2D eigenvalue weighted by molar-refractivity contribution is 6.39. The molecule has 0 aliphatic carbocycles. The molecule has 0 aromatic rings.